The second-order valence-electron chi connectivity index (χ2n) is 5.78. The summed E-state index contributed by atoms with van der Waals surface area (Å²) in [6, 6.07) is 2.99. The Kier molecular flexibility index (Phi) is 5.34. The molecule has 2 nitrogen and oxygen atoms in total. The fourth-order valence-corrected chi connectivity index (χ4v) is 4.98. The van der Waals surface area contributed by atoms with Gasteiger partial charge in [-0.25, -0.2) is 0 Å². The van der Waals surface area contributed by atoms with Crippen LogP contribution in [-0.4, -0.2) is 24.0 Å². The van der Waals surface area contributed by atoms with E-state index in [-0.39, 0.29) is 6.04 Å². The van der Waals surface area contributed by atoms with Crippen LogP contribution in [0, 0.1) is 11.8 Å². The maximum atomic E-state index is 6.18. The Balaban J connectivity index is 2.25. The van der Waals surface area contributed by atoms with Crippen molar-refractivity contribution in [1.82, 2.24) is 4.90 Å². The van der Waals surface area contributed by atoms with Crippen LogP contribution in [0.3, 0.4) is 0 Å². The minimum atomic E-state index is 0.286. The van der Waals surface area contributed by atoms with Gasteiger partial charge in [0.05, 0.1) is 6.04 Å². The Bertz CT molecular complexity index is 418. The van der Waals surface area contributed by atoms with Gasteiger partial charge in [0.1, 0.15) is 4.34 Å². The van der Waals surface area contributed by atoms with Gasteiger partial charge in [0.2, 0.25) is 0 Å². The number of hydrogen-bond donors (Lipinski definition) is 1. The molecule has 0 radical (unpaired) electrons. The maximum Gasteiger partial charge on any atom is 0.107 e. The number of likely N-dealkylation sites (tertiary alicyclic amines) is 1. The predicted molar refractivity (Wildman–Crippen MR) is 87.9 cm³/mol. The molecule has 0 spiro atoms. The second-order valence-corrected chi connectivity index (χ2v) is 8.32. The van der Waals surface area contributed by atoms with Crippen LogP contribution in [0.1, 0.15) is 38.1 Å². The van der Waals surface area contributed by atoms with Gasteiger partial charge >= 0.3 is 0 Å². The zero-order valence-corrected chi connectivity index (χ0v) is 14.9. The van der Waals surface area contributed by atoms with Crippen LogP contribution in [0.4, 0.5) is 0 Å². The monoisotopic (exact) mass is 364 g/mol. The number of hydrogen-bond acceptors (Lipinski definition) is 3. The highest BCUT2D eigenvalue weighted by atomic mass is 79.9. The number of nitrogens with zero attached hydrogens (tertiary/aromatic N) is 1. The minimum absolute atomic E-state index is 0.286. The lowest BCUT2D eigenvalue weighted by Gasteiger charge is -2.44. The van der Waals surface area contributed by atoms with Crippen LogP contribution in [0.25, 0.3) is 0 Å². The van der Waals surface area contributed by atoms with Gasteiger partial charge in [0, 0.05) is 28.5 Å². The van der Waals surface area contributed by atoms with E-state index in [2.05, 4.69) is 47.7 Å². The average Bonchev–Trinajstić information content (AvgIpc) is 2.66. The molecule has 1 aliphatic heterocycles. The summed E-state index contributed by atoms with van der Waals surface area (Å²) in [5.41, 5.74) is 6.05. The normalized spacial score (nSPS) is 30.5. The molecule has 0 aromatic carbocycles. The first-order valence-corrected chi connectivity index (χ1v) is 8.83. The van der Waals surface area contributed by atoms with Gasteiger partial charge in [-0.15, -0.1) is 11.3 Å². The number of piperidine rings is 1. The van der Waals surface area contributed by atoms with Gasteiger partial charge in [0.25, 0.3) is 0 Å². The standard InChI is InChI=1S/C14H22BrClN2S/c1-8-4-9(2)10(3)18(7-8)12(6-17)13-5-11(15)14(16)19-13/h5,8-10,12H,4,6-7,17H2,1-3H3. The first-order valence-electron chi connectivity index (χ1n) is 6.84. The third-order valence-corrected chi connectivity index (χ3v) is 6.84. The molecular formula is C14H22BrClN2S. The van der Waals surface area contributed by atoms with Gasteiger partial charge in [0.15, 0.2) is 0 Å². The summed E-state index contributed by atoms with van der Waals surface area (Å²) in [6.45, 7) is 8.77. The molecule has 108 valence electrons. The van der Waals surface area contributed by atoms with E-state index in [4.69, 9.17) is 17.3 Å². The largest absolute Gasteiger partial charge is 0.329 e. The summed E-state index contributed by atoms with van der Waals surface area (Å²) < 4.78 is 1.80. The smallest absolute Gasteiger partial charge is 0.107 e. The molecule has 1 aliphatic rings. The number of thiophene rings is 1. The Morgan fingerprint density at radius 2 is 2.21 bits per heavy atom. The van der Waals surface area contributed by atoms with Crippen molar-refractivity contribution in [3.05, 3.63) is 19.8 Å². The van der Waals surface area contributed by atoms with Gasteiger partial charge in [-0.05, 0) is 47.2 Å². The lowest BCUT2D eigenvalue weighted by atomic mass is 9.85. The Morgan fingerprint density at radius 3 is 2.74 bits per heavy atom. The highest BCUT2D eigenvalue weighted by molar-refractivity contribution is 9.10. The summed E-state index contributed by atoms with van der Waals surface area (Å²) in [6.07, 6.45) is 1.31. The molecule has 1 aromatic heterocycles. The topological polar surface area (TPSA) is 29.3 Å². The predicted octanol–water partition coefficient (Wildman–Crippen LogP) is 4.53. The maximum absolute atomic E-state index is 6.18. The molecule has 1 saturated heterocycles. The van der Waals surface area contributed by atoms with E-state index in [1.807, 2.05) is 0 Å². The van der Waals surface area contributed by atoms with Crippen LogP contribution in [0.2, 0.25) is 4.34 Å². The minimum Gasteiger partial charge on any atom is -0.329 e. The highest BCUT2D eigenvalue weighted by Crippen LogP contribution is 2.40. The summed E-state index contributed by atoms with van der Waals surface area (Å²) in [5, 5.41) is 0. The third kappa shape index (κ3) is 3.35. The molecule has 1 fully saturated rings. The van der Waals surface area contributed by atoms with Crippen LogP contribution in [0.5, 0.6) is 0 Å². The van der Waals surface area contributed by atoms with Crippen LogP contribution in [0.15, 0.2) is 10.5 Å². The van der Waals surface area contributed by atoms with E-state index >= 15 is 0 Å². The Labute approximate surface area is 133 Å². The number of nitrogens with two attached hydrogens (primary N) is 1. The summed E-state index contributed by atoms with van der Waals surface area (Å²) in [7, 11) is 0. The first kappa shape index (κ1) is 15.8. The van der Waals surface area contributed by atoms with Crippen molar-refractivity contribution in [3.8, 4) is 0 Å². The highest BCUT2D eigenvalue weighted by Gasteiger charge is 2.34. The van der Waals surface area contributed by atoms with Crippen molar-refractivity contribution < 1.29 is 0 Å². The molecule has 0 saturated carbocycles. The first-order chi connectivity index (χ1) is 8.93. The molecular weight excluding hydrogens is 344 g/mol. The molecule has 0 bridgehead atoms. The average molecular weight is 366 g/mol. The fourth-order valence-electron chi connectivity index (χ4n) is 3.11. The van der Waals surface area contributed by atoms with Crippen molar-refractivity contribution in [2.75, 3.05) is 13.1 Å². The lowest BCUT2D eigenvalue weighted by molar-refractivity contribution is 0.0437. The molecule has 2 heterocycles. The molecule has 19 heavy (non-hydrogen) atoms. The molecule has 0 aliphatic carbocycles. The van der Waals surface area contributed by atoms with Crippen molar-refractivity contribution >= 4 is 38.9 Å². The molecule has 4 atom stereocenters. The van der Waals surface area contributed by atoms with E-state index in [9.17, 15) is 0 Å². The van der Waals surface area contributed by atoms with E-state index in [1.165, 1.54) is 11.3 Å². The molecule has 0 amide bonds. The molecule has 2 rings (SSSR count). The molecule has 4 unspecified atom stereocenters. The molecule has 5 heteroatoms. The summed E-state index contributed by atoms with van der Waals surface area (Å²) in [4.78, 5) is 3.83. The van der Waals surface area contributed by atoms with Crippen molar-refractivity contribution in [2.45, 2.75) is 39.3 Å². The summed E-state index contributed by atoms with van der Waals surface area (Å²) in [5.74, 6) is 1.45. The zero-order valence-electron chi connectivity index (χ0n) is 11.7. The van der Waals surface area contributed by atoms with Crippen molar-refractivity contribution in [2.24, 2.45) is 17.6 Å². The van der Waals surface area contributed by atoms with Crippen LogP contribution >= 0.6 is 38.9 Å². The fraction of sp³-hybridized carbons (Fsp3) is 0.714. The van der Waals surface area contributed by atoms with E-state index < -0.39 is 0 Å². The van der Waals surface area contributed by atoms with Crippen LogP contribution in [-0.2, 0) is 0 Å². The molecule has 2 N–H and O–H groups in total. The van der Waals surface area contributed by atoms with Gasteiger partial charge in [-0.2, -0.15) is 0 Å². The Hall–Kier alpha value is 0.390. The van der Waals surface area contributed by atoms with Crippen molar-refractivity contribution in [1.29, 1.82) is 0 Å². The number of halogens is 2. The van der Waals surface area contributed by atoms with E-state index in [0.717, 1.165) is 27.2 Å². The van der Waals surface area contributed by atoms with Crippen molar-refractivity contribution in [3.63, 3.8) is 0 Å². The zero-order chi connectivity index (χ0) is 14.2. The van der Waals surface area contributed by atoms with Crippen LogP contribution < -0.4 is 5.73 Å². The lowest BCUT2D eigenvalue weighted by Crippen LogP contribution is -2.49. The van der Waals surface area contributed by atoms with Gasteiger partial charge < -0.3 is 5.73 Å². The van der Waals surface area contributed by atoms with Gasteiger partial charge in [-0.1, -0.05) is 25.4 Å². The molecule has 1 aromatic rings. The SMILES string of the molecule is CC1CC(C)C(C)N(C(CN)c2cc(Br)c(Cl)s2)C1. The van der Waals surface area contributed by atoms with E-state index in [0.29, 0.717) is 12.6 Å². The summed E-state index contributed by atoms with van der Waals surface area (Å²) >= 11 is 11.3. The van der Waals surface area contributed by atoms with Gasteiger partial charge in [-0.3, -0.25) is 4.90 Å². The van der Waals surface area contributed by atoms with E-state index in [1.54, 1.807) is 11.3 Å². The second kappa shape index (κ2) is 6.44. The third-order valence-electron chi connectivity index (χ3n) is 4.26. The quantitative estimate of drug-likeness (QED) is 0.852. The number of rotatable bonds is 3. The Morgan fingerprint density at radius 1 is 1.53 bits per heavy atom.